The number of hydrogen-bond acceptors (Lipinski definition) is 7. The first kappa shape index (κ1) is 71.4. The SMILES string of the molecule is CCCCc1ccccc1OC(C)CC.CCCCc1ccccc1OCC(C)C.CCCOc1ccccc1C(C)CCC.[CH2-]C(C)Cc1ccccc1OCCC.[CH2-][C@H]1O[C@@H](CCC)[C@H](O)[C@@H]1O.[W].[W]. The molecule has 0 spiro atoms. The third-order valence-corrected chi connectivity index (χ3v) is 11.7. The maximum Gasteiger partial charge on any atom is 0.122 e. The summed E-state index contributed by atoms with van der Waals surface area (Å²) in [5.74, 6) is 5.85. The molecule has 4 aromatic rings. The first-order valence-corrected chi connectivity index (χ1v) is 27.3. The molecule has 0 radical (unpaired) electrons. The van der Waals surface area contributed by atoms with E-state index in [1.54, 1.807) is 0 Å². The number of rotatable bonds is 25. The van der Waals surface area contributed by atoms with Crippen LogP contribution in [0, 0.1) is 25.7 Å². The molecule has 0 saturated carbocycles. The van der Waals surface area contributed by atoms with E-state index in [2.05, 4.69) is 157 Å². The molecule has 1 fully saturated rings. The second kappa shape index (κ2) is 44.6. The van der Waals surface area contributed by atoms with Gasteiger partial charge in [0.05, 0.1) is 38.1 Å². The molecule has 0 bridgehead atoms. The number of para-hydroxylation sites is 4. The third-order valence-electron chi connectivity index (χ3n) is 11.7. The first-order valence-electron chi connectivity index (χ1n) is 27.3. The van der Waals surface area contributed by atoms with Crippen LogP contribution in [0.2, 0.25) is 0 Å². The van der Waals surface area contributed by atoms with Gasteiger partial charge in [0, 0.05) is 42.1 Å². The predicted octanol–water partition coefficient (Wildman–Crippen LogP) is 16.2. The molecule has 5 rings (SSSR count). The third kappa shape index (κ3) is 30.6. The van der Waals surface area contributed by atoms with Crippen molar-refractivity contribution in [3.8, 4) is 23.0 Å². The van der Waals surface area contributed by atoms with Gasteiger partial charge in [0.15, 0.2) is 0 Å². The monoisotopic (exact) mass is 1340 g/mol. The van der Waals surface area contributed by atoms with Gasteiger partial charge in [-0.25, -0.2) is 0 Å². The number of aryl methyl sites for hydroxylation is 2. The van der Waals surface area contributed by atoms with Gasteiger partial charge in [-0.3, -0.25) is 0 Å². The first-order chi connectivity index (χ1) is 33.7. The van der Waals surface area contributed by atoms with Crippen LogP contribution in [0.5, 0.6) is 23.0 Å². The van der Waals surface area contributed by atoms with Crippen LogP contribution in [0.4, 0.5) is 0 Å². The van der Waals surface area contributed by atoms with Gasteiger partial charge in [-0.05, 0) is 136 Å². The largest absolute Gasteiger partial charge is 0.493 e. The number of benzene rings is 4. The fourth-order valence-corrected chi connectivity index (χ4v) is 7.54. The van der Waals surface area contributed by atoms with Crippen LogP contribution in [0.15, 0.2) is 97.1 Å². The van der Waals surface area contributed by atoms with E-state index in [0.717, 1.165) is 94.2 Å². The van der Waals surface area contributed by atoms with E-state index in [1.165, 1.54) is 60.8 Å². The maximum absolute atomic E-state index is 9.34. The Morgan fingerprint density at radius 2 is 1.03 bits per heavy atom. The average Bonchev–Trinajstić information content (AvgIpc) is 3.60. The van der Waals surface area contributed by atoms with Gasteiger partial charge in [-0.15, -0.1) is 0 Å². The van der Waals surface area contributed by atoms with Crippen LogP contribution in [0.25, 0.3) is 0 Å². The Bertz CT molecular complexity index is 1850. The summed E-state index contributed by atoms with van der Waals surface area (Å²) in [5.41, 5.74) is 5.32. The van der Waals surface area contributed by atoms with E-state index in [4.69, 9.17) is 23.7 Å². The number of ether oxygens (including phenoxy) is 5. The van der Waals surface area contributed by atoms with Gasteiger partial charge >= 0.3 is 0 Å². The van der Waals surface area contributed by atoms with Crippen LogP contribution in [-0.2, 0) is 66.1 Å². The molecule has 0 amide bonds. The Kier molecular flexibility index (Phi) is 44.3. The molecule has 4 aromatic carbocycles. The van der Waals surface area contributed by atoms with Crippen molar-refractivity contribution in [2.75, 3.05) is 19.8 Å². The molecule has 72 heavy (non-hydrogen) atoms. The van der Waals surface area contributed by atoms with Crippen LogP contribution in [0.3, 0.4) is 0 Å². The minimum absolute atomic E-state index is 0. The Morgan fingerprint density at radius 3 is 1.49 bits per heavy atom. The fraction of sp³-hybridized carbons (Fsp3) is 0.587. The molecule has 7 atom stereocenters. The van der Waals surface area contributed by atoms with Gasteiger partial charge in [-0.2, -0.15) is 5.92 Å². The van der Waals surface area contributed by atoms with E-state index in [1.807, 2.05) is 37.3 Å². The molecular weight excluding hydrogens is 1240 g/mol. The van der Waals surface area contributed by atoms with Crippen molar-refractivity contribution in [1.82, 2.24) is 0 Å². The van der Waals surface area contributed by atoms with Crippen molar-refractivity contribution < 1.29 is 76.0 Å². The van der Waals surface area contributed by atoms with Crippen molar-refractivity contribution in [2.45, 2.75) is 209 Å². The molecule has 2 N–H and O–H groups in total. The van der Waals surface area contributed by atoms with E-state index in [9.17, 15) is 10.2 Å². The van der Waals surface area contributed by atoms with E-state index in [-0.39, 0.29) is 48.2 Å². The van der Waals surface area contributed by atoms with Crippen molar-refractivity contribution in [2.24, 2.45) is 11.8 Å². The van der Waals surface area contributed by atoms with Crippen molar-refractivity contribution in [3.05, 3.63) is 133 Å². The molecule has 9 heteroatoms. The second-order valence-electron chi connectivity index (χ2n) is 19.3. The van der Waals surface area contributed by atoms with Crippen molar-refractivity contribution >= 4 is 0 Å². The molecule has 1 heterocycles. The Morgan fingerprint density at radius 1 is 0.556 bits per heavy atom. The summed E-state index contributed by atoms with van der Waals surface area (Å²) in [6.07, 6.45) is 13.6. The number of unbranched alkanes of at least 4 members (excludes halogenated alkanes) is 2. The van der Waals surface area contributed by atoms with Gasteiger partial charge in [-0.1, -0.05) is 175 Å². The Balaban J connectivity index is 0. The maximum atomic E-state index is 9.34. The summed E-state index contributed by atoms with van der Waals surface area (Å²) < 4.78 is 28.3. The van der Waals surface area contributed by atoms with Crippen molar-refractivity contribution in [3.63, 3.8) is 0 Å². The smallest absolute Gasteiger partial charge is 0.122 e. The summed E-state index contributed by atoms with van der Waals surface area (Å²) in [5, 5.41) is 18.6. The topological polar surface area (TPSA) is 86.6 Å². The standard InChI is InChI=1S/3C14H22O.C13H19O.C8H15O3.2W/c1-4-5-8-13-9-6-7-10-14(13)15-11-12(2)3;1-4-8-12(3)13-9-6-7-10-14(13)15-11-5-2;1-4-6-9-13-10-7-8-11-14(13)15-12(3)5-2;1-4-9-14-13-8-6-5-7-12(13)10-11(2)3;1-3-4-6-8(10)7(9)5(2)11-6;;/h2*6-7,9-10,12H,4-5,8,11H2,1-3H3;7-8,10-12H,4-6,9H2,1-3H3;5-8,11H,2,4,9-10H2,1,3H3;5-10H,2-4H2,1H3;;/q;;;2*-1;;/t;;;;5-,6+,7-,8+;;/m....1../s1. The molecule has 1 aliphatic rings. The normalized spacial score (nSPS) is 16.7. The van der Waals surface area contributed by atoms with Crippen molar-refractivity contribution in [1.29, 1.82) is 0 Å². The van der Waals surface area contributed by atoms with E-state index >= 15 is 0 Å². The fourth-order valence-electron chi connectivity index (χ4n) is 7.54. The summed E-state index contributed by atoms with van der Waals surface area (Å²) in [4.78, 5) is 0. The summed E-state index contributed by atoms with van der Waals surface area (Å²) in [7, 11) is 0. The number of aliphatic hydroxyl groups is 2. The zero-order valence-electron chi connectivity index (χ0n) is 47.0. The Labute approximate surface area is 470 Å². The zero-order chi connectivity index (χ0) is 52.1. The minimum Gasteiger partial charge on any atom is -0.493 e. The molecule has 1 saturated heterocycles. The molecule has 408 valence electrons. The molecular formula is C63H100O7W2-2. The minimum atomic E-state index is -0.813. The van der Waals surface area contributed by atoms with Gasteiger partial charge in [0.25, 0.3) is 0 Å². The van der Waals surface area contributed by atoms with Gasteiger partial charge in [0.2, 0.25) is 0 Å². The zero-order valence-corrected chi connectivity index (χ0v) is 52.9. The molecule has 3 unspecified atom stereocenters. The van der Waals surface area contributed by atoms with Crippen LogP contribution in [0.1, 0.15) is 182 Å². The number of hydrogen-bond donors (Lipinski definition) is 2. The molecule has 0 aliphatic carbocycles. The molecule has 7 nitrogen and oxygen atoms in total. The summed E-state index contributed by atoms with van der Waals surface area (Å²) in [6, 6.07) is 33.4. The Hall–Kier alpha value is -2.66. The van der Waals surface area contributed by atoms with Gasteiger partial charge in [0.1, 0.15) is 29.1 Å². The van der Waals surface area contributed by atoms with E-state index in [0.29, 0.717) is 23.9 Å². The van der Waals surface area contributed by atoms with Crippen LogP contribution in [-0.4, -0.2) is 60.6 Å². The second-order valence-corrected chi connectivity index (χ2v) is 19.3. The number of aliphatic hydroxyl groups excluding tert-OH is 2. The summed E-state index contributed by atoms with van der Waals surface area (Å²) in [6.45, 7) is 35.9. The molecule has 0 aromatic heterocycles. The van der Waals surface area contributed by atoms with Crippen LogP contribution >= 0.6 is 0 Å². The predicted molar refractivity (Wildman–Crippen MR) is 298 cm³/mol. The molecule has 1 aliphatic heterocycles. The van der Waals surface area contributed by atoms with E-state index < -0.39 is 18.3 Å². The summed E-state index contributed by atoms with van der Waals surface area (Å²) >= 11 is 0. The van der Waals surface area contributed by atoms with Gasteiger partial charge < -0.3 is 47.7 Å². The van der Waals surface area contributed by atoms with Crippen LogP contribution < -0.4 is 18.9 Å². The average molecular weight is 1340 g/mol. The quantitative estimate of drug-likeness (QED) is 0.0639.